The molecule has 2 aromatic rings. The van der Waals surface area contributed by atoms with Gasteiger partial charge in [-0.3, -0.25) is 10.1 Å². The fraction of sp³-hybridized carbons (Fsp3) is 0.467. The van der Waals surface area contributed by atoms with Crippen LogP contribution in [-0.2, 0) is 4.79 Å². The molecule has 1 saturated heterocycles. The van der Waals surface area contributed by atoms with Crippen molar-refractivity contribution in [1.82, 2.24) is 15.3 Å². The van der Waals surface area contributed by atoms with E-state index in [4.69, 9.17) is 0 Å². The maximum absolute atomic E-state index is 11.9. The van der Waals surface area contributed by atoms with Crippen LogP contribution in [0.15, 0.2) is 24.3 Å². The van der Waals surface area contributed by atoms with Gasteiger partial charge in [-0.1, -0.05) is 18.6 Å². The van der Waals surface area contributed by atoms with Crippen LogP contribution in [0.4, 0.5) is 5.95 Å². The molecule has 106 valence electrons. The van der Waals surface area contributed by atoms with Gasteiger partial charge in [0.05, 0.1) is 11.0 Å². The molecule has 2 heterocycles. The zero-order chi connectivity index (χ0) is 13.8. The number of para-hydroxylation sites is 2. The minimum atomic E-state index is 0.0245. The number of carbonyl (C=O) groups is 1. The van der Waals surface area contributed by atoms with E-state index >= 15 is 0 Å². The van der Waals surface area contributed by atoms with Gasteiger partial charge in [0.2, 0.25) is 11.9 Å². The van der Waals surface area contributed by atoms with Crippen LogP contribution in [0.3, 0.4) is 0 Å². The summed E-state index contributed by atoms with van der Waals surface area (Å²) in [5, 5.41) is 6.29. The van der Waals surface area contributed by atoms with E-state index in [1.54, 1.807) is 0 Å². The van der Waals surface area contributed by atoms with Gasteiger partial charge in [-0.25, -0.2) is 4.98 Å². The number of aromatic amines is 1. The molecular weight excluding hydrogens is 252 g/mol. The summed E-state index contributed by atoms with van der Waals surface area (Å²) in [7, 11) is 0. The van der Waals surface area contributed by atoms with E-state index in [2.05, 4.69) is 20.6 Å². The maximum atomic E-state index is 11.9. The van der Waals surface area contributed by atoms with Crippen molar-refractivity contribution in [3.8, 4) is 0 Å². The Bertz CT molecular complexity index is 553. The summed E-state index contributed by atoms with van der Waals surface area (Å²) < 4.78 is 0. The molecule has 1 aliphatic heterocycles. The number of amides is 1. The largest absolute Gasteiger partial charge is 0.324 e. The van der Waals surface area contributed by atoms with Crippen LogP contribution in [0, 0.1) is 0 Å². The number of aromatic nitrogens is 2. The van der Waals surface area contributed by atoms with E-state index in [-0.39, 0.29) is 5.91 Å². The molecule has 0 saturated carbocycles. The Morgan fingerprint density at radius 3 is 3.05 bits per heavy atom. The summed E-state index contributed by atoms with van der Waals surface area (Å²) in [6.45, 7) is 1.08. The first-order chi connectivity index (χ1) is 9.81. The fourth-order valence-electron chi connectivity index (χ4n) is 2.68. The number of benzene rings is 1. The molecule has 3 rings (SSSR count). The lowest BCUT2D eigenvalue weighted by molar-refractivity contribution is -0.116. The van der Waals surface area contributed by atoms with Crippen molar-refractivity contribution in [1.29, 1.82) is 0 Å². The Balaban J connectivity index is 1.52. The zero-order valence-corrected chi connectivity index (χ0v) is 11.5. The molecule has 0 aliphatic carbocycles. The molecule has 1 unspecified atom stereocenters. The number of nitrogens with zero attached hydrogens (tertiary/aromatic N) is 1. The van der Waals surface area contributed by atoms with E-state index in [1.165, 1.54) is 19.3 Å². The highest BCUT2D eigenvalue weighted by Gasteiger charge is 2.14. The molecule has 5 nitrogen and oxygen atoms in total. The third kappa shape index (κ3) is 3.17. The van der Waals surface area contributed by atoms with Crippen LogP contribution in [0.2, 0.25) is 0 Å². The highest BCUT2D eigenvalue weighted by atomic mass is 16.1. The van der Waals surface area contributed by atoms with Crippen molar-refractivity contribution in [2.75, 3.05) is 11.9 Å². The second-order valence-electron chi connectivity index (χ2n) is 5.34. The predicted molar refractivity (Wildman–Crippen MR) is 79.6 cm³/mol. The second kappa shape index (κ2) is 6.05. The van der Waals surface area contributed by atoms with Crippen LogP contribution < -0.4 is 10.6 Å². The molecule has 1 atom stereocenters. The molecule has 20 heavy (non-hydrogen) atoms. The van der Waals surface area contributed by atoms with Gasteiger partial charge in [0.15, 0.2) is 0 Å². The van der Waals surface area contributed by atoms with E-state index in [0.717, 1.165) is 24.0 Å². The van der Waals surface area contributed by atoms with Gasteiger partial charge in [-0.2, -0.15) is 0 Å². The number of fused-ring (bicyclic) bond motifs is 1. The Labute approximate surface area is 118 Å². The average Bonchev–Trinajstić information content (AvgIpc) is 2.88. The topological polar surface area (TPSA) is 69.8 Å². The average molecular weight is 272 g/mol. The van der Waals surface area contributed by atoms with Gasteiger partial charge < -0.3 is 10.3 Å². The lowest BCUT2D eigenvalue weighted by atomic mass is 10.0. The molecule has 3 N–H and O–H groups in total. The molecule has 1 amide bonds. The Morgan fingerprint density at radius 1 is 1.35 bits per heavy atom. The highest BCUT2D eigenvalue weighted by molar-refractivity contribution is 5.91. The lowest BCUT2D eigenvalue weighted by Gasteiger charge is -2.22. The summed E-state index contributed by atoms with van der Waals surface area (Å²) >= 11 is 0. The lowest BCUT2D eigenvalue weighted by Crippen LogP contribution is -2.34. The van der Waals surface area contributed by atoms with E-state index in [9.17, 15) is 4.79 Å². The number of H-pyrrole nitrogens is 1. The first kappa shape index (κ1) is 13.1. The van der Waals surface area contributed by atoms with Crippen LogP contribution in [0.5, 0.6) is 0 Å². The Morgan fingerprint density at radius 2 is 2.25 bits per heavy atom. The van der Waals surface area contributed by atoms with Gasteiger partial charge in [0, 0.05) is 12.5 Å². The molecular formula is C15H20N4O. The van der Waals surface area contributed by atoms with Gasteiger partial charge in [0.1, 0.15) is 0 Å². The molecule has 0 bridgehead atoms. The van der Waals surface area contributed by atoms with Crippen molar-refractivity contribution < 1.29 is 4.79 Å². The monoisotopic (exact) mass is 272 g/mol. The van der Waals surface area contributed by atoms with Gasteiger partial charge in [0.25, 0.3) is 0 Å². The maximum Gasteiger partial charge on any atom is 0.226 e. The van der Waals surface area contributed by atoms with Gasteiger partial charge >= 0.3 is 0 Å². The number of hydrogen-bond acceptors (Lipinski definition) is 3. The zero-order valence-electron chi connectivity index (χ0n) is 11.5. The van der Waals surface area contributed by atoms with Crippen LogP contribution >= 0.6 is 0 Å². The normalized spacial score (nSPS) is 19.1. The van der Waals surface area contributed by atoms with Gasteiger partial charge in [-0.05, 0) is 37.9 Å². The van der Waals surface area contributed by atoms with E-state index in [0.29, 0.717) is 18.4 Å². The number of hydrogen-bond donors (Lipinski definition) is 3. The first-order valence-corrected chi connectivity index (χ1v) is 7.29. The first-order valence-electron chi connectivity index (χ1n) is 7.29. The Hall–Kier alpha value is -1.88. The second-order valence-corrected chi connectivity index (χ2v) is 5.34. The fourth-order valence-corrected chi connectivity index (χ4v) is 2.68. The number of carbonyl (C=O) groups excluding carboxylic acids is 1. The quantitative estimate of drug-likeness (QED) is 0.800. The SMILES string of the molecule is O=C(CCC1CCCCN1)Nc1nc2ccccc2[nH]1. The standard InChI is InChI=1S/C15H20N4O/c20-14(9-8-11-5-3-4-10-16-11)19-15-17-12-6-1-2-7-13(12)18-15/h1-2,6-7,11,16H,3-5,8-10H2,(H2,17,18,19,20). The summed E-state index contributed by atoms with van der Waals surface area (Å²) in [5.74, 6) is 0.559. The van der Waals surface area contributed by atoms with Crippen molar-refractivity contribution in [3.63, 3.8) is 0 Å². The minimum Gasteiger partial charge on any atom is -0.324 e. The number of nitrogens with one attached hydrogen (secondary N) is 3. The van der Waals surface area contributed by atoms with Crippen molar-refractivity contribution in [2.45, 2.75) is 38.1 Å². The molecule has 1 aromatic carbocycles. The third-order valence-electron chi connectivity index (χ3n) is 3.78. The van der Waals surface area contributed by atoms with E-state index in [1.807, 2.05) is 24.3 Å². The molecule has 0 spiro atoms. The van der Waals surface area contributed by atoms with Crippen molar-refractivity contribution in [3.05, 3.63) is 24.3 Å². The molecule has 5 heteroatoms. The minimum absolute atomic E-state index is 0.0245. The molecule has 1 fully saturated rings. The third-order valence-corrected chi connectivity index (χ3v) is 3.78. The van der Waals surface area contributed by atoms with Crippen molar-refractivity contribution in [2.24, 2.45) is 0 Å². The summed E-state index contributed by atoms with van der Waals surface area (Å²) in [6.07, 6.45) is 5.13. The van der Waals surface area contributed by atoms with Crippen LogP contribution in [0.25, 0.3) is 11.0 Å². The Kier molecular flexibility index (Phi) is 3.97. The number of piperidine rings is 1. The van der Waals surface area contributed by atoms with Crippen molar-refractivity contribution >= 4 is 22.9 Å². The molecule has 1 aliphatic rings. The summed E-state index contributed by atoms with van der Waals surface area (Å²) in [6, 6.07) is 8.24. The van der Waals surface area contributed by atoms with Crippen LogP contribution in [0.1, 0.15) is 32.1 Å². The number of imidazole rings is 1. The number of anilines is 1. The molecule has 1 aromatic heterocycles. The van der Waals surface area contributed by atoms with Crippen LogP contribution in [-0.4, -0.2) is 28.5 Å². The summed E-state index contributed by atoms with van der Waals surface area (Å²) in [5.41, 5.74) is 1.81. The predicted octanol–water partition coefficient (Wildman–Crippen LogP) is 2.42. The van der Waals surface area contributed by atoms with Gasteiger partial charge in [-0.15, -0.1) is 0 Å². The molecule has 0 radical (unpaired) electrons. The summed E-state index contributed by atoms with van der Waals surface area (Å²) in [4.78, 5) is 19.4. The smallest absolute Gasteiger partial charge is 0.226 e. The van der Waals surface area contributed by atoms with E-state index < -0.39 is 0 Å². The highest BCUT2D eigenvalue weighted by Crippen LogP contribution is 2.15. The number of rotatable bonds is 4.